The molecule has 0 unspecified atom stereocenters. The van der Waals surface area contributed by atoms with Gasteiger partial charge in [-0.1, -0.05) is 6.07 Å². The maximum Gasteiger partial charge on any atom is 0.231 e. The molecule has 0 amide bonds. The van der Waals surface area contributed by atoms with E-state index in [0.717, 1.165) is 17.1 Å². The van der Waals surface area contributed by atoms with Crippen molar-refractivity contribution in [2.45, 2.75) is 0 Å². The zero-order chi connectivity index (χ0) is 12.2. The average Bonchev–Trinajstić information content (AvgIpc) is 2.87. The molecule has 1 N–H and O–H groups in total. The lowest BCUT2D eigenvalue weighted by atomic mass is 10.2. The second-order valence-electron chi connectivity index (χ2n) is 3.70. The normalized spacial score (nSPS) is 12.9. The molecule has 5 nitrogen and oxygen atoms in total. The third kappa shape index (κ3) is 2.24. The SMILES string of the molecule is C(=N/Nc1ccccn1)/c1ccc2c(c1)OCO2. The molecule has 0 atom stereocenters. The molecule has 0 spiro atoms. The third-order valence-corrected chi connectivity index (χ3v) is 2.45. The van der Waals surface area contributed by atoms with Crippen molar-refractivity contribution in [2.75, 3.05) is 12.2 Å². The fraction of sp³-hybridized carbons (Fsp3) is 0.0769. The first-order chi connectivity index (χ1) is 8.92. The van der Waals surface area contributed by atoms with Crippen molar-refractivity contribution in [1.82, 2.24) is 4.98 Å². The summed E-state index contributed by atoms with van der Waals surface area (Å²) in [7, 11) is 0. The predicted octanol–water partition coefficient (Wildman–Crippen LogP) is 2.26. The maximum atomic E-state index is 5.29. The van der Waals surface area contributed by atoms with E-state index in [1.807, 2.05) is 36.4 Å². The van der Waals surface area contributed by atoms with E-state index in [0.29, 0.717) is 5.82 Å². The lowest BCUT2D eigenvalue weighted by molar-refractivity contribution is 0.174. The highest BCUT2D eigenvalue weighted by molar-refractivity contribution is 5.81. The van der Waals surface area contributed by atoms with Gasteiger partial charge in [-0.25, -0.2) is 4.98 Å². The molecule has 0 saturated carbocycles. The quantitative estimate of drug-likeness (QED) is 0.661. The van der Waals surface area contributed by atoms with Gasteiger partial charge >= 0.3 is 0 Å². The standard InChI is InChI=1S/C13H11N3O2/c1-2-6-14-13(3-1)16-15-8-10-4-5-11-12(7-10)18-9-17-11/h1-8H,9H2,(H,14,16)/b15-8-. The first-order valence-electron chi connectivity index (χ1n) is 5.51. The van der Waals surface area contributed by atoms with E-state index in [2.05, 4.69) is 15.5 Å². The summed E-state index contributed by atoms with van der Waals surface area (Å²) in [6.07, 6.45) is 3.41. The van der Waals surface area contributed by atoms with Gasteiger partial charge in [0.15, 0.2) is 11.5 Å². The van der Waals surface area contributed by atoms with Crippen molar-refractivity contribution in [2.24, 2.45) is 5.10 Å². The van der Waals surface area contributed by atoms with Gasteiger partial charge in [-0.05, 0) is 35.9 Å². The number of benzene rings is 1. The number of fused-ring (bicyclic) bond motifs is 1. The van der Waals surface area contributed by atoms with E-state index < -0.39 is 0 Å². The van der Waals surface area contributed by atoms with Crippen molar-refractivity contribution in [3.8, 4) is 11.5 Å². The Balaban J connectivity index is 1.69. The van der Waals surface area contributed by atoms with E-state index >= 15 is 0 Å². The minimum atomic E-state index is 0.280. The topological polar surface area (TPSA) is 55.7 Å². The van der Waals surface area contributed by atoms with E-state index in [1.165, 1.54) is 0 Å². The largest absolute Gasteiger partial charge is 0.454 e. The number of nitrogens with zero attached hydrogens (tertiary/aromatic N) is 2. The third-order valence-electron chi connectivity index (χ3n) is 2.45. The molecule has 5 heteroatoms. The van der Waals surface area contributed by atoms with Crippen molar-refractivity contribution >= 4 is 12.0 Å². The highest BCUT2D eigenvalue weighted by atomic mass is 16.7. The number of hydrogen-bond acceptors (Lipinski definition) is 5. The highest BCUT2D eigenvalue weighted by Gasteiger charge is 2.12. The van der Waals surface area contributed by atoms with Gasteiger partial charge in [0.25, 0.3) is 0 Å². The average molecular weight is 241 g/mol. The van der Waals surface area contributed by atoms with Crippen molar-refractivity contribution in [1.29, 1.82) is 0 Å². The molecule has 90 valence electrons. The molecule has 0 saturated heterocycles. The Bertz CT molecular complexity index is 570. The van der Waals surface area contributed by atoms with Gasteiger partial charge in [0.05, 0.1) is 6.21 Å². The van der Waals surface area contributed by atoms with Crippen molar-refractivity contribution in [3.63, 3.8) is 0 Å². The predicted molar refractivity (Wildman–Crippen MR) is 68.0 cm³/mol. The van der Waals surface area contributed by atoms with Crippen molar-refractivity contribution in [3.05, 3.63) is 48.2 Å². The Morgan fingerprint density at radius 1 is 1.17 bits per heavy atom. The minimum Gasteiger partial charge on any atom is -0.454 e. The molecule has 0 radical (unpaired) electrons. The van der Waals surface area contributed by atoms with Crippen LogP contribution in [0.4, 0.5) is 5.82 Å². The first-order valence-corrected chi connectivity index (χ1v) is 5.51. The Labute approximate surface area is 104 Å². The Kier molecular flexibility index (Phi) is 2.79. The fourth-order valence-electron chi connectivity index (χ4n) is 1.60. The number of nitrogens with one attached hydrogen (secondary N) is 1. The molecule has 1 aromatic heterocycles. The van der Waals surface area contributed by atoms with Gasteiger partial charge in [-0.2, -0.15) is 5.10 Å². The molecule has 0 aliphatic carbocycles. The highest BCUT2D eigenvalue weighted by Crippen LogP contribution is 2.31. The summed E-state index contributed by atoms with van der Waals surface area (Å²) in [5.41, 5.74) is 3.78. The zero-order valence-electron chi connectivity index (χ0n) is 9.54. The second-order valence-corrected chi connectivity index (χ2v) is 3.70. The van der Waals surface area contributed by atoms with E-state index in [1.54, 1.807) is 12.4 Å². The zero-order valence-corrected chi connectivity index (χ0v) is 9.54. The lowest BCUT2D eigenvalue weighted by Gasteiger charge is -1.99. The van der Waals surface area contributed by atoms with Crippen LogP contribution in [0.1, 0.15) is 5.56 Å². The smallest absolute Gasteiger partial charge is 0.231 e. The van der Waals surface area contributed by atoms with Gasteiger partial charge in [0, 0.05) is 6.20 Å². The number of aromatic nitrogens is 1. The molecule has 2 heterocycles. The van der Waals surface area contributed by atoms with Crippen LogP contribution in [-0.2, 0) is 0 Å². The van der Waals surface area contributed by atoms with Crippen LogP contribution in [0.15, 0.2) is 47.7 Å². The molecule has 2 aromatic rings. The number of ether oxygens (including phenoxy) is 2. The molecule has 1 aliphatic rings. The number of pyridine rings is 1. The summed E-state index contributed by atoms with van der Waals surface area (Å²) in [5.74, 6) is 2.22. The maximum absolute atomic E-state index is 5.29. The van der Waals surface area contributed by atoms with Crippen LogP contribution >= 0.6 is 0 Å². The van der Waals surface area contributed by atoms with Gasteiger partial charge < -0.3 is 9.47 Å². The monoisotopic (exact) mass is 241 g/mol. The van der Waals surface area contributed by atoms with E-state index in [9.17, 15) is 0 Å². The summed E-state index contributed by atoms with van der Waals surface area (Å²) >= 11 is 0. The molecular formula is C13H11N3O2. The van der Waals surface area contributed by atoms with Crippen LogP contribution in [-0.4, -0.2) is 18.0 Å². The summed E-state index contributed by atoms with van der Waals surface area (Å²) in [5, 5.41) is 4.10. The summed E-state index contributed by atoms with van der Waals surface area (Å²) in [6.45, 7) is 0.280. The minimum absolute atomic E-state index is 0.280. The molecular weight excluding hydrogens is 230 g/mol. The molecule has 18 heavy (non-hydrogen) atoms. The number of rotatable bonds is 3. The summed E-state index contributed by atoms with van der Waals surface area (Å²) in [4.78, 5) is 4.10. The van der Waals surface area contributed by atoms with Gasteiger partial charge in [0.1, 0.15) is 5.82 Å². The van der Waals surface area contributed by atoms with Gasteiger partial charge in [-0.3, -0.25) is 5.43 Å². The summed E-state index contributed by atoms with van der Waals surface area (Å²) < 4.78 is 10.5. The van der Waals surface area contributed by atoms with Crippen LogP contribution in [0.3, 0.4) is 0 Å². The second kappa shape index (κ2) is 4.75. The fourth-order valence-corrected chi connectivity index (χ4v) is 1.60. The molecule has 1 aliphatic heterocycles. The number of anilines is 1. The van der Waals surface area contributed by atoms with E-state index in [-0.39, 0.29) is 6.79 Å². The molecule has 3 rings (SSSR count). The van der Waals surface area contributed by atoms with Crippen LogP contribution in [0.5, 0.6) is 11.5 Å². The van der Waals surface area contributed by atoms with Crippen LogP contribution in [0.2, 0.25) is 0 Å². The molecule has 1 aromatic carbocycles. The molecule has 0 fully saturated rings. The van der Waals surface area contributed by atoms with Gasteiger partial charge in [-0.15, -0.1) is 0 Å². The van der Waals surface area contributed by atoms with Crippen LogP contribution in [0, 0.1) is 0 Å². The van der Waals surface area contributed by atoms with Crippen LogP contribution < -0.4 is 14.9 Å². The Morgan fingerprint density at radius 3 is 3.00 bits per heavy atom. The van der Waals surface area contributed by atoms with Crippen molar-refractivity contribution < 1.29 is 9.47 Å². The van der Waals surface area contributed by atoms with Gasteiger partial charge in [0.2, 0.25) is 6.79 Å². The number of hydrazone groups is 1. The Morgan fingerprint density at radius 2 is 2.11 bits per heavy atom. The number of hydrogen-bond donors (Lipinski definition) is 1. The Hall–Kier alpha value is -2.56. The summed E-state index contributed by atoms with van der Waals surface area (Å²) in [6, 6.07) is 11.3. The molecule has 0 bridgehead atoms. The first kappa shape index (κ1) is 10.6. The van der Waals surface area contributed by atoms with Crippen LogP contribution in [0.25, 0.3) is 0 Å². The van der Waals surface area contributed by atoms with E-state index in [4.69, 9.17) is 9.47 Å². The lowest BCUT2D eigenvalue weighted by Crippen LogP contribution is -1.93.